The van der Waals surface area contributed by atoms with Crippen LogP contribution in [0, 0.1) is 0 Å². The van der Waals surface area contributed by atoms with E-state index in [1.54, 1.807) is 11.3 Å². The highest BCUT2D eigenvalue weighted by atomic mass is 32.1. The minimum Gasteiger partial charge on any atom is -0.358 e. The molecule has 4 aromatic rings. The molecule has 5 rings (SSSR count). The Kier molecular flexibility index (Phi) is 4.90. The fraction of sp³-hybridized carbons (Fsp3) is 0.250. The normalized spacial score (nSPS) is 17.0. The minimum atomic E-state index is 0.231. The Hall–Kier alpha value is -2.92. The van der Waals surface area contributed by atoms with Gasteiger partial charge in [0.05, 0.1) is 6.42 Å². The van der Waals surface area contributed by atoms with Gasteiger partial charge < -0.3 is 9.88 Å². The van der Waals surface area contributed by atoms with E-state index in [9.17, 15) is 4.79 Å². The van der Waals surface area contributed by atoms with Crippen LogP contribution in [0.15, 0.2) is 65.6 Å². The van der Waals surface area contributed by atoms with E-state index in [4.69, 9.17) is 0 Å². The molecule has 3 aromatic heterocycles. The van der Waals surface area contributed by atoms with Gasteiger partial charge in [-0.15, -0.1) is 0 Å². The zero-order valence-electron chi connectivity index (χ0n) is 16.2. The van der Waals surface area contributed by atoms with Crippen LogP contribution in [0.25, 0.3) is 22.0 Å². The Morgan fingerprint density at radius 1 is 1.17 bits per heavy atom. The molecular formula is C24H23N3OS. The molecule has 1 atom stereocenters. The fourth-order valence-electron chi connectivity index (χ4n) is 4.42. The second-order valence-corrected chi connectivity index (χ2v) is 8.46. The van der Waals surface area contributed by atoms with Gasteiger partial charge in [-0.05, 0) is 59.0 Å². The van der Waals surface area contributed by atoms with Crippen molar-refractivity contribution in [3.05, 3.63) is 76.9 Å². The van der Waals surface area contributed by atoms with Crippen LogP contribution in [0.3, 0.4) is 0 Å². The van der Waals surface area contributed by atoms with Crippen molar-refractivity contribution in [1.29, 1.82) is 0 Å². The average molecular weight is 402 g/mol. The van der Waals surface area contributed by atoms with E-state index in [1.807, 2.05) is 28.7 Å². The fourth-order valence-corrected chi connectivity index (χ4v) is 5.09. The van der Waals surface area contributed by atoms with Crippen molar-refractivity contribution in [1.82, 2.24) is 14.9 Å². The molecule has 1 amide bonds. The first-order valence-corrected chi connectivity index (χ1v) is 11.0. The van der Waals surface area contributed by atoms with Crippen molar-refractivity contribution < 1.29 is 4.79 Å². The number of likely N-dealkylation sites (tertiary alicyclic amines) is 1. The number of fused-ring (bicyclic) bond motifs is 1. The molecule has 4 nitrogen and oxygen atoms in total. The second kappa shape index (κ2) is 7.84. The number of piperidine rings is 1. The third-order valence-corrected chi connectivity index (χ3v) is 6.55. The van der Waals surface area contributed by atoms with Crippen LogP contribution in [0.5, 0.6) is 0 Å². The van der Waals surface area contributed by atoms with Crippen LogP contribution in [0.4, 0.5) is 0 Å². The van der Waals surface area contributed by atoms with Crippen LogP contribution in [0.1, 0.15) is 30.0 Å². The summed E-state index contributed by atoms with van der Waals surface area (Å²) in [6, 6.07) is 14.6. The van der Waals surface area contributed by atoms with Gasteiger partial charge in [0.15, 0.2) is 0 Å². The van der Waals surface area contributed by atoms with E-state index in [1.165, 1.54) is 22.2 Å². The molecule has 0 radical (unpaired) electrons. The van der Waals surface area contributed by atoms with Crippen molar-refractivity contribution >= 4 is 28.1 Å². The molecule has 1 N–H and O–H groups in total. The third-order valence-electron chi connectivity index (χ3n) is 5.82. The number of benzene rings is 1. The molecule has 5 heteroatoms. The number of para-hydroxylation sites is 1. The maximum absolute atomic E-state index is 12.9. The van der Waals surface area contributed by atoms with Gasteiger partial charge in [-0.2, -0.15) is 11.3 Å². The Morgan fingerprint density at radius 2 is 2.03 bits per heavy atom. The molecular weight excluding hydrogens is 378 g/mol. The summed E-state index contributed by atoms with van der Waals surface area (Å²) in [5.74, 6) is 0.542. The highest BCUT2D eigenvalue weighted by Gasteiger charge is 2.28. The van der Waals surface area contributed by atoms with Crippen LogP contribution >= 0.6 is 11.3 Å². The first-order chi connectivity index (χ1) is 14.3. The van der Waals surface area contributed by atoms with Gasteiger partial charge in [0.25, 0.3) is 0 Å². The Balaban J connectivity index is 1.48. The number of H-pyrrole nitrogens is 1. The highest BCUT2D eigenvalue weighted by molar-refractivity contribution is 7.08. The highest BCUT2D eigenvalue weighted by Crippen LogP contribution is 2.39. The maximum Gasteiger partial charge on any atom is 0.227 e. The number of nitrogens with one attached hydrogen (secondary N) is 1. The van der Waals surface area contributed by atoms with Gasteiger partial charge in [-0.1, -0.05) is 18.2 Å². The summed E-state index contributed by atoms with van der Waals surface area (Å²) in [7, 11) is 0. The molecule has 1 unspecified atom stereocenters. The molecule has 1 aliphatic heterocycles. The number of carbonyl (C=O) groups excluding carboxylic acids is 1. The van der Waals surface area contributed by atoms with Crippen molar-refractivity contribution in [2.75, 3.05) is 13.1 Å². The van der Waals surface area contributed by atoms with E-state index in [2.05, 4.69) is 51.7 Å². The lowest BCUT2D eigenvalue weighted by Gasteiger charge is -2.33. The summed E-state index contributed by atoms with van der Waals surface area (Å²) in [6.45, 7) is 1.62. The summed E-state index contributed by atoms with van der Waals surface area (Å²) >= 11 is 1.65. The van der Waals surface area contributed by atoms with E-state index in [0.29, 0.717) is 12.3 Å². The van der Waals surface area contributed by atoms with Gasteiger partial charge in [-0.25, -0.2) is 0 Å². The van der Waals surface area contributed by atoms with E-state index in [-0.39, 0.29) is 5.91 Å². The quantitative estimate of drug-likeness (QED) is 0.508. The lowest BCUT2D eigenvalue weighted by molar-refractivity contribution is -0.131. The molecule has 0 spiro atoms. The summed E-state index contributed by atoms with van der Waals surface area (Å²) in [4.78, 5) is 22.8. The second-order valence-electron chi connectivity index (χ2n) is 7.68. The zero-order chi connectivity index (χ0) is 19.6. The van der Waals surface area contributed by atoms with Crippen molar-refractivity contribution in [2.24, 2.45) is 0 Å². The average Bonchev–Trinajstić information content (AvgIpc) is 3.42. The first kappa shape index (κ1) is 18.1. The number of hydrogen-bond donors (Lipinski definition) is 1. The number of pyridine rings is 1. The number of aromatic nitrogens is 2. The lowest BCUT2D eigenvalue weighted by Crippen LogP contribution is -2.40. The number of carbonyl (C=O) groups is 1. The van der Waals surface area contributed by atoms with E-state index < -0.39 is 0 Å². The molecule has 1 aromatic carbocycles. The summed E-state index contributed by atoms with van der Waals surface area (Å²) in [6.07, 6.45) is 6.31. The van der Waals surface area contributed by atoms with Gasteiger partial charge >= 0.3 is 0 Å². The smallest absolute Gasteiger partial charge is 0.227 e. The number of hydrogen-bond acceptors (Lipinski definition) is 3. The molecule has 1 fully saturated rings. The molecule has 0 aliphatic carbocycles. The Labute approximate surface area is 174 Å². The molecule has 0 bridgehead atoms. The van der Waals surface area contributed by atoms with Gasteiger partial charge in [0.1, 0.15) is 0 Å². The molecule has 29 heavy (non-hydrogen) atoms. The van der Waals surface area contributed by atoms with E-state index >= 15 is 0 Å². The Bertz CT molecular complexity index is 1120. The van der Waals surface area contributed by atoms with Crippen molar-refractivity contribution in [3.63, 3.8) is 0 Å². The molecule has 0 saturated carbocycles. The van der Waals surface area contributed by atoms with Crippen LogP contribution in [-0.4, -0.2) is 33.9 Å². The zero-order valence-corrected chi connectivity index (χ0v) is 17.0. The monoisotopic (exact) mass is 401 g/mol. The summed E-state index contributed by atoms with van der Waals surface area (Å²) in [5, 5.41) is 5.33. The van der Waals surface area contributed by atoms with Crippen molar-refractivity contribution in [2.45, 2.75) is 25.2 Å². The maximum atomic E-state index is 12.9. The van der Waals surface area contributed by atoms with Gasteiger partial charge in [-0.3, -0.25) is 9.78 Å². The van der Waals surface area contributed by atoms with Crippen LogP contribution in [0.2, 0.25) is 0 Å². The standard InChI is InChI=1S/C24H23N3OS/c28-22(14-17-9-13-29-16-17)27-12-3-4-19(15-27)24-23(18-7-10-25-11-8-18)20-5-1-2-6-21(20)26-24/h1-2,5-11,13,16,19,26H,3-4,12,14-15H2. The SMILES string of the molecule is O=C(Cc1ccsc1)N1CCCC(c2[nH]c3ccccc3c2-c2ccncc2)C1. The molecule has 146 valence electrons. The van der Waals surface area contributed by atoms with E-state index in [0.717, 1.165) is 37.0 Å². The number of nitrogens with zero attached hydrogens (tertiary/aromatic N) is 2. The van der Waals surface area contributed by atoms with Gasteiger partial charge in [0.2, 0.25) is 5.91 Å². The van der Waals surface area contributed by atoms with Crippen molar-refractivity contribution in [3.8, 4) is 11.1 Å². The number of amides is 1. The van der Waals surface area contributed by atoms with Gasteiger partial charge in [0, 0.05) is 53.6 Å². The predicted octanol–water partition coefficient (Wildman–Crippen LogP) is 5.24. The summed E-state index contributed by atoms with van der Waals surface area (Å²) in [5.41, 5.74) is 5.93. The number of rotatable bonds is 4. The minimum absolute atomic E-state index is 0.231. The molecule has 1 saturated heterocycles. The Morgan fingerprint density at radius 3 is 2.86 bits per heavy atom. The largest absolute Gasteiger partial charge is 0.358 e. The summed E-state index contributed by atoms with van der Waals surface area (Å²) < 4.78 is 0. The topological polar surface area (TPSA) is 49.0 Å². The van der Waals surface area contributed by atoms with Crippen LogP contribution < -0.4 is 0 Å². The number of aromatic amines is 1. The number of thiophene rings is 1. The molecule has 1 aliphatic rings. The third kappa shape index (κ3) is 3.58. The first-order valence-electron chi connectivity index (χ1n) is 10.1. The van der Waals surface area contributed by atoms with Crippen LogP contribution in [-0.2, 0) is 11.2 Å². The lowest BCUT2D eigenvalue weighted by atomic mass is 9.89. The predicted molar refractivity (Wildman–Crippen MR) is 118 cm³/mol. The molecule has 4 heterocycles.